The van der Waals surface area contributed by atoms with Gasteiger partial charge in [0.2, 0.25) is 0 Å². The summed E-state index contributed by atoms with van der Waals surface area (Å²) in [6.45, 7) is 3.45. The van der Waals surface area contributed by atoms with Gasteiger partial charge in [0.25, 0.3) is 5.91 Å². The van der Waals surface area contributed by atoms with Crippen LogP contribution in [0.5, 0.6) is 5.75 Å². The molecule has 1 aliphatic heterocycles. The van der Waals surface area contributed by atoms with Crippen molar-refractivity contribution in [3.05, 3.63) is 94.6 Å². The second-order valence-electron chi connectivity index (χ2n) is 9.46. The minimum atomic E-state index is -2.02. The zero-order valence-electron chi connectivity index (χ0n) is 19.3. The molecule has 0 saturated carbocycles. The van der Waals surface area contributed by atoms with Crippen LogP contribution in [-0.4, -0.2) is 27.7 Å². The Labute approximate surface area is 201 Å². The van der Waals surface area contributed by atoms with E-state index in [9.17, 15) is 28.6 Å². The summed E-state index contributed by atoms with van der Waals surface area (Å²) in [6.07, 6.45) is -0.349. The number of amides is 1. The molecule has 0 bridgehead atoms. The highest BCUT2D eigenvalue weighted by molar-refractivity contribution is 5.99. The molecule has 1 amide bonds. The minimum Gasteiger partial charge on any atom is -0.508 e. The second-order valence-corrected chi connectivity index (χ2v) is 9.46. The topological polar surface area (TPSA) is 95.9 Å². The van der Waals surface area contributed by atoms with Crippen LogP contribution in [0.3, 0.4) is 0 Å². The normalized spacial score (nSPS) is 14.7. The lowest BCUT2D eigenvalue weighted by Gasteiger charge is -2.36. The van der Waals surface area contributed by atoms with Gasteiger partial charge in [0.15, 0.2) is 0 Å². The quantitative estimate of drug-likeness (QED) is 0.428. The van der Waals surface area contributed by atoms with E-state index < -0.39 is 34.5 Å². The summed E-state index contributed by atoms with van der Waals surface area (Å²) in [5, 5.41) is 24.7. The Hall–Kier alpha value is -3.78. The van der Waals surface area contributed by atoms with Crippen molar-refractivity contribution in [3.63, 3.8) is 0 Å². The third-order valence-corrected chi connectivity index (χ3v) is 6.20. The number of aromatic hydroxyl groups is 1. The molecule has 6 nitrogen and oxygen atoms in total. The molecule has 182 valence electrons. The number of aliphatic hydroxyl groups is 1. The first kappa shape index (κ1) is 24.3. The number of phenolic OH excluding ortho intramolecular Hbond substituents is 1. The highest BCUT2D eigenvalue weighted by Gasteiger charge is 2.43. The SMILES string of the molecule is CC(C)(CC(O)(Cc1ccc(F)cc1)C(=O)Nc1ccc2c(c1)COC2=O)c1cc(F)ccc1O. The van der Waals surface area contributed by atoms with Crippen LogP contribution in [0.1, 0.15) is 47.3 Å². The number of benzene rings is 3. The van der Waals surface area contributed by atoms with Crippen molar-refractivity contribution in [2.24, 2.45) is 0 Å². The van der Waals surface area contributed by atoms with E-state index in [1.807, 2.05) is 0 Å². The molecule has 0 saturated heterocycles. The van der Waals surface area contributed by atoms with Gasteiger partial charge < -0.3 is 20.3 Å². The predicted octanol–water partition coefficient (Wildman–Crippen LogP) is 4.62. The molecule has 1 atom stereocenters. The number of carbonyl (C=O) groups excluding carboxylic acids is 2. The monoisotopic (exact) mass is 481 g/mol. The lowest BCUT2D eigenvalue weighted by molar-refractivity contribution is -0.136. The van der Waals surface area contributed by atoms with Crippen LogP contribution in [-0.2, 0) is 28.0 Å². The summed E-state index contributed by atoms with van der Waals surface area (Å²) >= 11 is 0. The maximum absolute atomic E-state index is 14.0. The molecule has 4 rings (SSSR count). The largest absolute Gasteiger partial charge is 0.508 e. The molecule has 1 unspecified atom stereocenters. The number of carbonyl (C=O) groups is 2. The predicted molar refractivity (Wildman–Crippen MR) is 125 cm³/mol. The van der Waals surface area contributed by atoms with Crippen molar-refractivity contribution in [1.82, 2.24) is 0 Å². The molecular weight excluding hydrogens is 456 g/mol. The van der Waals surface area contributed by atoms with Crippen LogP contribution < -0.4 is 5.32 Å². The number of anilines is 1. The summed E-state index contributed by atoms with van der Waals surface area (Å²) in [5.74, 6) is -2.36. The van der Waals surface area contributed by atoms with Crippen molar-refractivity contribution < 1.29 is 33.3 Å². The third kappa shape index (κ3) is 5.17. The van der Waals surface area contributed by atoms with Gasteiger partial charge in [0, 0.05) is 23.2 Å². The first-order valence-corrected chi connectivity index (χ1v) is 11.0. The molecule has 3 N–H and O–H groups in total. The highest BCUT2D eigenvalue weighted by atomic mass is 19.1. The first-order chi connectivity index (χ1) is 16.5. The number of halogens is 2. The zero-order valence-corrected chi connectivity index (χ0v) is 19.3. The van der Waals surface area contributed by atoms with Gasteiger partial charge in [-0.2, -0.15) is 0 Å². The fourth-order valence-electron chi connectivity index (χ4n) is 4.50. The average molecular weight is 481 g/mol. The van der Waals surface area contributed by atoms with E-state index in [0.29, 0.717) is 22.4 Å². The summed E-state index contributed by atoms with van der Waals surface area (Å²) < 4.78 is 32.4. The lowest BCUT2D eigenvalue weighted by atomic mass is 9.72. The number of esters is 1. The Morgan fingerprint density at radius 3 is 2.43 bits per heavy atom. The lowest BCUT2D eigenvalue weighted by Crippen LogP contribution is -2.49. The average Bonchev–Trinajstić information content (AvgIpc) is 3.16. The fourth-order valence-corrected chi connectivity index (χ4v) is 4.50. The first-order valence-electron chi connectivity index (χ1n) is 11.0. The molecule has 0 radical (unpaired) electrons. The van der Waals surface area contributed by atoms with Gasteiger partial charge in [-0.15, -0.1) is 0 Å². The number of rotatable bonds is 7. The van der Waals surface area contributed by atoms with Gasteiger partial charge in [-0.1, -0.05) is 26.0 Å². The van der Waals surface area contributed by atoms with E-state index in [4.69, 9.17) is 4.74 Å². The van der Waals surface area contributed by atoms with Gasteiger partial charge in [0.05, 0.1) is 5.56 Å². The number of phenols is 1. The van der Waals surface area contributed by atoms with Crippen LogP contribution >= 0.6 is 0 Å². The number of fused-ring (bicyclic) bond motifs is 1. The molecule has 0 fully saturated rings. The second kappa shape index (κ2) is 9.11. The van der Waals surface area contributed by atoms with E-state index in [0.717, 1.165) is 6.07 Å². The summed E-state index contributed by atoms with van der Waals surface area (Å²) in [4.78, 5) is 25.2. The van der Waals surface area contributed by atoms with E-state index in [1.54, 1.807) is 19.9 Å². The van der Waals surface area contributed by atoms with Crippen molar-refractivity contribution in [2.75, 3.05) is 5.32 Å². The molecule has 0 aromatic heterocycles. The summed E-state index contributed by atoms with van der Waals surface area (Å²) in [6, 6.07) is 13.6. The summed E-state index contributed by atoms with van der Waals surface area (Å²) in [7, 11) is 0. The Bertz CT molecular complexity index is 1290. The molecule has 3 aromatic carbocycles. The Kier molecular flexibility index (Phi) is 6.34. The Morgan fingerprint density at radius 1 is 1.03 bits per heavy atom. The number of hydrogen-bond acceptors (Lipinski definition) is 5. The van der Waals surface area contributed by atoms with E-state index in [-0.39, 0.29) is 30.8 Å². The minimum absolute atomic E-state index is 0.0869. The molecule has 3 aromatic rings. The number of nitrogens with one attached hydrogen (secondary N) is 1. The van der Waals surface area contributed by atoms with Gasteiger partial charge in [-0.05, 0) is 65.9 Å². The molecule has 8 heteroatoms. The smallest absolute Gasteiger partial charge is 0.338 e. The van der Waals surface area contributed by atoms with E-state index in [1.165, 1.54) is 48.5 Å². The van der Waals surface area contributed by atoms with Crippen molar-refractivity contribution in [2.45, 2.75) is 44.3 Å². The molecule has 1 heterocycles. The van der Waals surface area contributed by atoms with Gasteiger partial charge in [-0.25, -0.2) is 13.6 Å². The third-order valence-electron chi connectivity index (χ3n) is 6.20. The van der Waals surface area contributed by atoms with Crippen molar-refractivity contribution in [1.29, 1.82) is 0 Å². The molecule has 0 aliphatic carbocycles. The molecular formula is C27H25F2NO5. The molecule has 1 aliphatic rings. The Balaban J connectivity index is 1.67. The van der Waals surface area contributed by atoms with Crippen LogP contribution in [0, 0.1) is 11.6 Å². The maximum atomic E-state index is 14.0. The zero-order chi connectivity index (χ0) is 25.4. The van der Waals surface area contributed by atoms with E-state index in [2.05, 4.69) is 5.32 Å². The van der Waals surface area contributed by atoms with Crippen LogP contribution in [0.25, 0.3) is 0 Å². The standard InChI is InChI=1S/C27H25F2NO5/c1-26(2,22-12-19(29)7-10-23(22)31)15-27(34,13-16-3-5-18(28)6-4-16)25(33)30-20-8-9-21-17(11-20)14-35-24(21)32/h3-12,31,34H,13-15H2,1-2H3,(H,30,33). The van der Waals surface area contributed by atoms with Crippen LogP contribution in [0.4, 0.5) is 14.5 Å². The van der Waals surface area contributed by atoms with Gasteiger partial charge in [-0.3, -0.25) is 4.79 Å². The molecule has 35 heavy (non-hydrogen) atoms. The molecule has 0 spiro atoms. The number of hydrogen-bond donors (Lipinski definition) is 3. The Morgan fingerprint density at radius 2 is 1.71 bits per heavy atom. The highest BCUT2D eigenvalue weighted by Crippen LogP contribution is 2.39. The summed E-state index contributed by atoms with van der Waals surface area (Å²) in [5.41, 5.74) is -0.933. The van der Waals surface area contributed by atoms with Gasteiger partial charge in [0.1, 0.15) is 29.6 Å². The van der Waals surface area contributed by atoms with Crippen molar-refractivity contribution >= 4 is 17.6 Å². The van der Waals surface area contributed by atoms with Crippen LogP contribution in [0.2, 0.25) is 0 Å². The van der Waals surface area contributed by atoms with Crippen molar-refractivity contribution in [3.8, 4) is 5.75 Å². The van der Waals surface area contributed by atoms with Crippen LogP contribution in [0.15, 0.2) is 60.7 Å². The van der Waals surface area contributed by atoms with Gasteiger partial charge >= 0.3 is 5.97 Å². The fraction of sp³-hybridized carbons (Fsp3) is 0.259. The number of cyclic esters (lactones) is 1. The maximum Gasteiger partial charge on any atom is 0.338 e. The number of ether oxygens (including phenoxy) is 1. The van der Waals surface area contributed by atoms with E-state index >= 15 is 0 Å².